The number of rotatable bonds is 3. The van der Waals surface area contributed by atoms with Crippen LogP contribution in [-0.4, -0.2) is 17.0 Å². The molecule has 19 heavy (non-hydrogen) atoms. The first-order chi connectivity index (χ1) is 8.62. The second-order valence-electron chi connectivity index (χ2n) is 5.61. The van der Waals surface area contributed by atoms with Crippen LogP contribution in [0.15, 0.2) is 22.7 Å². The van der Waals surface area contributed by atoms with Crippen LogP contribution in [-0.2, 0) is 9.59 Å². The molecule has 1 amide bonds. The Kier molecular flexibility index (Phi) is 4.74. The molecular formula is C14H18BrNO3. The molecule has 0 aliphatic carbocycles. The quantitative estimate of drug-likeness (QED) is 0.835. The fraction of sp³-hybridized carbons (Fsp3) is 0.429. The Morgan fingerprint density at radius 2 is 1.89 bits per heavy atom. The summed E-state index contributed by atoms with van der Waals surface area (Å²) in [7, 11) is 0. The van der Waals surface area contributed by atoms with Gasteiger partial charge in [0.2, 0.25) is 5.91 Å². The van der Waals surface area contributed by atoms with Gasteiger partial charge in [0, 0.05) is 4.47 Å². The lowest BCUT2D eigenvalue weighted by molar-refractivity contribution is -0.149. The number of aryl methyl sites for hydroxylation is 1. The largest absolute Gasteiger partial charge is 0.481 e. The fourth-order valence-electron chi connectivity index (χ4n) is 1.80. The van der Waals surface area contributed by atoms with Gasteiger partial charge in [-0.25, -0.2) is 0 Å². The van der Waals surface area contributed by atoms with Gasteiger partial charge >= 0.3 is 5.97 Å². The number of hydrogen-bond donors (Lipinski definition) is 2. The van der Waals surface area contributed by atoms with Crippen molar-refractivity contribution in [3.8, 4) is 0 Å². The normalized spacial score (nSPS) is 12.9. The number of carboxylic acid groups (broad SMARTS) is 1. The summed E-state index contributed by atoms with van der Waals surface area (Å²) in [4.78, 5) is 23.4. The Morgan fingerprint density at radius 1 is 1.32 bits per heavy atom. The SMILES string of the molecule is Cc1ccc(NC(=O)C(C(=O)O)C(C)(C)C)c(Br)c1. The van der Waals surface area contributed by atoms with E-state index in [1.807, 2.05) is 19.1 Å². The number of anilines is 1. The average Bonchev–Trinajstić information content (AvgIpc) is 2.19. The zero-order valence-electron chi connectivity index (χ0n) is 11.5. The minimum absolute atomic E-state index is 0.510. The summed E-state index contributed by atoms with van der Waals surface area (Å²) in [6, 6.07) is 5.47. The number of aliphatic carboxylic acids is 1. The van der Waals surface area contributed by atoms with Crippen LogP contribution in [0, 0.1) is 18.3 Å². The molecule has 4 nitrogen and oxygen atoms in total. The first-order valence-electron chi connectivity index (χ1n) is 5.92. The highest BCUT2D eigenvalue weighted by atomic mass is 79.9. The van der Waals surface area contributed by atoms with Crippen molar-refractivity contribution >= 4 is 33.5 Å². The third-order valence-electron chi connectivity index (χ3n) is 2.76. The van der Waals surface area contributed by atoms with Crippen molar-refractivity contribution < 1.29 is 14.7 Å². The van der Waals surface area contributed by atoms with Crippen LogP contribution in [0.3, 0.4) is 0 Å². The van der Waals surface area contributed by atoms with Gasteiger partial charge < -0.3 is 10.4 Å². The first-order valence-corrected chi connectivity index (χ1v) is 6.72. The number of amides is 1. The Balaban J connectivity index is 2.97. The third kappa shape index (κ3) is 4.06. The molecule has 1 unspecified atom stereocenters. The molecule has 0 radical (unpaired) electrons. The van der Waals surface area contributed by atoms with Crippen LogP contribution in [0.25, 0.3) is 0 Å². The van der Waals surface area contributed by atoms with Crippen molar-refractivity contribution in [1.29, 1.82) is 0 Å². The monoisotopic (exact) mass is 327 g/mol. The molecule has 0 bridgehead atoms. The Labute approximate surface area is 121 Å². The lowest BCUT2D eigenvalue weighted by Crippen LogP contribution is -2.39. The lowest BCUT2D eigenvalue weighted by Gasteiger charge is -2.26. The molecular weight excluding hydrogens is 310 g/mol. The number of hydrogen-bond acceptors (Lipinski definition) is 2. The number of carboxylic acids is 1. The Hall–Kier alpha value is -1.36. The molecule has 0 spiro atoms. The molecule has 1 rings (SSSR count). The molecule has 0 aliphatic heterocycles. The van der Waals surface area contributed by atoms with Gasteiger partial charge in [0.25, 0.3) is 0 Å². The van der Waals surface area contributed by atoms with Gasteiger partial charge in [-0.2, -0.15) is 0 Å². The van der Waals surface area contributed by atoms with E-state index in [9.17, 15) is 14.7 Å². The van der Waals surface area contributed by atoms with Crippen LogP contribution in [0.2, 0.25) is 0 Å². The molecule has 0 aromatic heterocycles. The minimum Gasteiger partial charge on any atom is -0.481 e. The molecule has 0 saturated heterocycles. The number of nitrogens with one attached hydrogen (secondary N) is 1. The number of carbonyl (C=O) groups is 2. The predicted octanol–water partition coefficient (Wildman–Crippen LogP) is 3.44. The van der Waals surface area contributed by atoms with E-state index in [1.165, 1.54) is 0 Å². The third-order valence-corrected chi connectivity index (χ3v) is 3.41. The Bertz CT molecular complexity index is 506. The first kappa shape index (κ1) is 15.7. The van der Waals surface area contributed by atoms with Crippen LogP contribution in [0.4, 0.5) is 5.69 Å². The topological polar surface area (TPSA) is 66.4 Å². The molecule has 0 saturated carbocycles. The maximum Gasteiger partial charge on any atom is 0.316 e. The maximum atomic E-state index is 12.1. The molecule has 1 aromatic rings. The van der Waals surface area contributed by atoms with Gasteiger partial charge in [0.05, 0.1) is 5.69 Å². The van der Waals surface area contributed by atoms with Gasteiger partial charge in [0.15, 0.2) is 0 Å². The van der Waals surface area contributed by atoms with Crippen LogP contribution in [0.1, 0.15) is 26.3 Å². The zero-order valence-corrected chi connectivity index (χ0v) is 13.0. The van der Waals surface area contributed by atoms with E-state index in [-0.39, 0.29) is 0 Å². The van der Waals surface area contributed by atoms with Gasteiger partial charge in [-0.3, -0.25) is 9.59 Å². The average molecular weight is 328 g/mol. The summed E-state index contributed by atoms with van der Waals surface area (Å²) in [5, 5.41) is 11.9. The van der Waals surface area contributed by atoms with Crippen molar-refractivity contribution in [3.05, 3.63) is 28.2 Å². The Morgan fingerprint density at radius 3 is 2.32 bits per heavy atom. The number of halogens is 1. The fourth-order valence-corrected chi connectivity index (χ4v) is 2.39. The summed E-state index contributed by atoms with van der Waals surface area (Å²) < 4.78 is 0.735. The highest BCUT2D eigenvalue weighted by molar-refractivity contribution is 9.10. The van der Waals surface area contributed by atoms with Gasteiger partial charge in [-0.15, -0.1) is 0 Å². The molecule has 2 N–H and O–H groups in total. The second-order valence-corrected chi connectivity index (χ2v) is 6.46. The molecule has 0 heterocycles. The van der Waals surface area contributed by atoms with E-state index in [4.69, 9.17) is 0 Å². The molecule has 0 fully saturated rings. The molecule has 5 heteroatoms. The number of carbonyl (C=O) groups excluding carboxylic acids is 1. The van der Waals surface area contributed by atoms with Crippen molar-refractivity contribution in [2.45, 2.75) is 27.7 Å². The van der Waals surface area contributed by atoms with Crippen molar-refractivity contribution in [1.82, 2.24) is 0 Å². The maximum absolute atomic E-state index is 12.1. The zero-order chi connectivity index (χ0) is 14.8. The summed E-state index contributed by atoms with van der Waals surface area (Å²) in [5.74, 6) is -2.72. The van der Waals surface area contributed by atoms with Gasteiger partial charge in [-0.05, 0) is 46.0 Å². The van der Waals surface area contributed by atoms with E-state index in [2.05, 4.69) is 21.2 Å². The summed E-state index contributed by atoms with van der Waals surface area (Å²) in [6.45, 7) is 7.13. The number of benzene rings is 1. The van der Waals surface area contributed by atoms with Crippen LogP contribution < -0.4 is 5.32 Å². The van der Waals surface area contributed by atoms with Gasteiger partial charge in [-0.1, -0.05) is 26.8 Å². The highest BCUT2D eigenvalue weighted by Crippen LogP contribution is 2.29. The summed E-state index contributed by atoms with van der Waals surface area (Å²) in [5.41, 5.74) is 0.981. The van der Waals surface area contributed by atoms with E-state index in [0.29, 0.717) is 5.69 Å². The molecule has 0 aliphatic rings. The second kappa shape index (κ2) is 5.74. The minimum atomic E-state index is -1.12. The standard InChI is InChI=1S/C14H18BrNO3/c1-8-5-6-10(9(15)7-8)16-12(17)11(13(18)19)14(2,3)4/h5-7,11H,1-4H3,(H,16,17)(H,18,19). The van der Waals surface area contributed by atoms with Gasteiger partial charge in [0.1, 0.15) is 5.92 Å². The molecule has 104 valence electrons. The molecule has 1 atom stereocenters. The molecule has 1 aromatic carbocycles. The highest BCUT2D eigenvalue weighted by Gasteiger charge is 2.37. The van der Waals surface area contributed by atoms with Crippen molar-refractivity contribution in [2.75, 3.05) is 5.32 Å². The predicted molar refractivity (Wildman–Crippen MR) is 78.1 cm³/mol. The summed E-state index contributed by atoms with van der Waals surface area (Å²) >= 11 is 3.35. The van der Waals surface area contributed by atoms with Crippen molar-refractivity contribution in [2.24, 2.45) is 11.3 Å². The van der Waals surface area contributed by atoms with Crippen LogP contribution in [0.5, 0.6) is 0 Å². The lowest BCUT2D eigenvalue weighted by atomic mass is 9.80. The van der Waals surface area contributed by atoms with E-state index in [1.54, 1.807) is 26.8 Å². The summed E-state index contributed by atoms with van der Waals surface area (Å²) in [6.07, 6.45) is 0. The van der Waals surface area contributed by atoms with E-state index >= 15 is 0 Å². The van der Waals surface area contributed by atoms with E-state index in [0.717, 1.165) is 10.0 Å². The smallest absolute Gasteiger partial charge is 0.316 e. The van der Waals surface area contributed by atoms with E-state index < -0.39 is 23.2 Å². The van der Waals surface area contributed by atoms with Crippen LogP contribution >= 0.6 is 15.9 Å². The van der Waals surface area contributed by atoms with Crippen molar-refractivity contribution in [3.63, 3.8) is 0 Å².